The molecule has 0 aliphatic carbocycles. The van der Waals surface area contributed by atoms with Crippen LogP contribution in [0, 0.1) is 0 Å². The van der Waals surface area contributed by atoms with Crippen LogP contribution in [-0.4, -0.2) is 38.8 Å². The number of rotatable bonds is 5. The molecular formula is C14H19BrN2O3. The Morgan fingerprint density at radius 2 is 2.35 bits per heavy atom. The third kappa shape index (κ3) is 3.43. The zero-order valence-electron chi connectivity index (χ0n) is 11.7. The lowest BCUT2D eigenvalue weighted by Crippen LogP contribution is -2.36. The first-order valence-corrected chi connectivity index (χ1v) is 7.47. The summed E-state index contributed by atoms with van der Waals surface area (Å²) in [5.74, 6) is 1.07. The van der Waals surface area contributed by atoms with Crippen molar-refractivity contribution in [3.63, 3.8) is 0 Å². The highest BCUT2D eigenvalue weighted by atomic mass is 79.9. The molecule has 0 radical (unpaired) electrons. The molecule has 110 valence electrons. The predicted octanol–water partition coefficient (Wildman–Crippen LogP) is 1.95. The van der Waals surface area contributed by atoms with Crippen LogP contribution >= 0.6 is 15.9 Å². The van der Waals surface area contributed by atoms with Crippen molar-refractivity contribution >= 4 is 21.8 Å². The second-order valence-corrected chi connectivity index (χ2v) is 5.44. The monoisotopic (exact) mass is 342 g/mol. The van der Waals surface area contributed by atoms with Crippen molar-refractivity contribution in [2.24, 2.45) is 0 Å². The van der Waals surface area contributed by atoms with Gasteiger partial charge < -0.3 is 20.1 Å². The molecule has 1 aliphatic heterocycles. The van der Waals surface area contributed by atoms with Gasteiger partial charge in [-0.1, -0.05) is 0 Å². The molecule has 1 aliphatic rings. The molecule has 1 fully saturated rings. The predicted molar refractivity (Wildman–Crippen MR) is 80.6 cm³/mol. The summed E-state index contributed by atoms with van der Waals surface area (Å²) in [6, 6.07) is 3.65. The van der Waals surface area contributed by atoms with Crippen molar-refractivity contribution in [2.75, 3.05) is 26.8 Å². The van der Waals surface area contributed by atoms with Crippen LogP contribution in [0.5, 0.6) is 11.5 Å². The average Bonchev–Trinajstić information content (AvgIpc) is 2.93. The van der Waals surface area contributed by atoms with Crippen LogP contribution in [0.3, 0.4) is 0 Å². The Balaban J connectivity index is 2.18. The lowest BCUT2D eigenvalue weighted by Gasteiger charge is -2.15. The summed E-state index contributed by atoms with van der Waals surface area (Å²) in [5, 5.41) is 6.23. The van der Waals surface area contributed by atoms with E-state index in [1.54, 1.807) is 19.2 Å². The fourth-order valence-electron chi connectivity index (χ4n) is 2.18. The summed E-state index contributed by atoms with van der Waals surface area (Å²) in [6.45, 7) is 4.20. The molecule has 2 N–H and O–H groups in total. The van der Waals surface area contributed by atoms with Crippen molar-refractivity contribution in [1.29, 1.82) is 0 Å². The summed E-state index contributed by atoms with van der Waals surface area (Å²) >= 11 is 3.42. The highest BCUT2D eigenvalue weighted by Gasteiger charge is 2.20. The number of carbonyl (C=O) groups excluding carboxylic acids is 1. The SMILES string of the molecule is CCOc1c(Br)cc(C(=O)NC2CCNC2)cc1OC. The third-order valence-electron chi connectivity index (χ3n) is 3.18. The fraction of sp³-hybridized carbons (Fsp3) is 0.500. The number of carbonyl (C=O) groups is 1. The molecule has 2 rings (SSSR count). The summed E-state index contributed by atoms with van der Waals surface area (Å²) in [5.41, 5.74) is 0.559. The van der Waals surface area contributed by atoms with E-state index >= 15 is 0 Å². The normalized spacial score (nSPS) is 17.9. The van der Waals surface area contributed by atoms with Crippen LogP contribution in [0.25, 0.3) is 0 Å². The highest BCUT2D eigenvalue weighted by molar-refractivity contribution is 9.10. The first-order valence-electron chi connectivity index (χ1n) is 6.67. The van der Waals surface area contributed by atoms with E-state index in [9.17, 15) is 4.79 Å². The average molecular weight is 343 g/mol. The second-order valence-electron chi connectivity index (χ2n) is 4.59. The molecule has 1 aromatic rings. The van der Waals surface area contributed by atoms with E-state index in [-0.39, 0.29) is 11.9 Å². The molecule has 1 atom stereocenters. The molecule has 0 aromatic heterocycles. The van der Waals surface area contributed by atoms with Gasteiger partial charge in [0.25, 0.3) is 5.91 Å². The Hall–Kier alpha value is -1.27. The smallest absolute Gasteiger partial charge is 0.251 e. The molecule has 0 saturated carbocycles. The van der Waals surface area contributed by atoms with E-state index in [0.717, 1.165) is 19.5 Å². The first kappa shape index (κ1) is 15.1. The first-order chi connectivity index (χ1) is 9.65. The van der Waals surface area contributed by atoms with Gasteiger partial charge in [-0.05, 0) is 48.0 Å². The number of ether oxygens (including phenoxy) is 2. The van der Waals surface area contributed by atoms with Gasteiger partial charge in [0.1, 0.15) is 0 Å². The van der Waals surface area contributed by atoms with E-state index in [2.05, 4.69) is 26.6 Å². The van der Waals surface area contributed by atoms with E-state index in [4.69, 9.17) is 9.47 Å². The second kappa shape index (κ2) is 6.95. The summed E-state index contributed by atoms with van der Waals surface area (Å²) < 4.78 is 11.5. The topological polar surface area (TPSA) is 59.6 Å². The number of hydrogen-bond donors (Lipinski definition) is 2. The van der Waals surface area contributed by atoms with Gasteiger partial charge in [-0.3, -0.25) is 4.79 Å². The van der Waals surface area contributed by atoms with Crippen molar-refractivity contribution < 1.29 is 14.3 Å². The number of hydrogen-bond acceptors (Lipinski definition) is 4. The summed E-state index contributed by atoms with van der Waals surface area (Å²) in [4.78, 5) is 12.2. The van der Waals surface area contributed by atoms with Gasteiger partial charge in [0.05, 0.1) is 18.2 Å². The molecule has 6 heteroatoms. The number of benzene rings is 1. The van der Waals surface area contributed by atoms with Crippen LogP contribution in [-0.2, 0) is 0 Å². The Morgan fingerprint density at radius 3 is 2.95 bits per heavy atom. The van der Waals surface area contributed by atoms with Crippen molar-refractivity contribution in [3.8, 4) is 11.5 Å². The summed E-state index contributed by atoms with van der Waals surface area (Å²) in [6.07, 6.45) is 0.959. The van der Waals surface area contributed by atoms with Gasteiger partial charge in [-0.2, -0.15) is 0 Å². The molecule has 0 bridgehead atoms. The lowest BCUT2D eigenvalue weighted by molar-refractivity contribution is 0.0939. The molecular weight excluding hydrogens is 324 g/mol. The Morgan fingerprint density at radius 1 is 1.55 bits per heavy atom. The van der Waals surface area contributed by atoms with Crippen LogP contribution in [0.4, 0.5) is 0 Å². The van der Waals surface area contributed by atoms with E-state index < -0.39 is 0 Å². The Bertz CT molecular complexity index is 488. The molecule has 0 spiro atoms. The molecule has 1 amide bonds. The van der Waals surface area contributed by atoms with E-state index in [0.29, 0.717) is 28.1 Å². The quantitative estimate of drug-likeness (QED) is 0.858. The molecule has 1 aromatic carbocycles. The Labute approximate surface area is 127 Å². The van der Waals surface area contributed by atoms with Crippen molar-refractivity contribution in [1.82, 2.24) is 10.6 Å². The molecule has 20 heavy (non-hydrogen) atoms. The molecule has 5 nitrogen and oxygen atoms in total. The van der Waals surface area contributed by atoms with Gasteiger partial charge in [0.15, 0.2) is 11.5 Å². The van der Waals surface area contributed by atoms with Crippen LogP contribution in [0.15, 0.2) is 16.6 Å². The van der Waals surface area contributed by atoms with E-state index in [1.807, 2.05) is 6.92 Å². The van der Waals surface area contributed by atoms with Crippen LogP contribution in [0.2, 0.25) is 0 Å². The van der Waals surface area contributed by atoms with Crippen LogP contribution in [0.1, 0.15) is 23.7 Å². The van der Waals surface area contributed by atoms with Gasteiger partial charge in [0, 0.05) is 18.2 Å². The van der Waals surface area contributed by atoms with Gasteiger partial charge in [0.2, 0.25) is 0 Å². The van der Waals surface area contributed by atoms with E-state index in [1.165, 1.54) is 0 Å². The van der Waals surface area contributed by atoms with Crippen molar-refractivity contribution in [3.05, 3.63) is 22.2 Å². The molecule has 1 unspecified atom stereocenters. The lowest BCUT2D eigenvalue weighted by atomic mass is 10.1. The van der Waals surface area contributed by atoms with Crippen molar-refractivity contribution in [2.45, 2.75) is 19.4 Å². The maximum Gasteiger partial charge on any atom is 0.251 e. The minimum atomic E-state index is -0.0965. The fourth-order valence-corrected chi connectivity index (χ4v) is 2.74. The number of nitrogens with one attached hydrogen (secondary N) is 2. The largest absolute Gasteiger partial charge is 0.493 e. The Kier molecular flexibility index (Phi) is 5.25. The summed E-state index contributed by atoms with van der Waals surface area (Å²) in [7, 11) is 1.56. The maximum absolute atomic E-state index is 12.2. The number of halogens is 1. The molecule has 1 heterocycles. The maximum atomic E-state index is 12.2. The molecule has 1 saturated heterocycles. The zero-order chi connectivity index (χ0) is 14.5. The minimum Gasteiger partial charge on any atom is -0.493 e. The number of methoxy groups -OCH3 is 1. The number of amides is 1. The van der Waals surface area contributed by atoms with Gasteiger partial charge in [-0.25, -0.2) is 0 Å². The van der Waals surface area contributed by atoms with Crippen LogP contribution < -0.4 is 20.1 Å². The third-order valence-corrected chi connectivity index (χ3v) is 3.76. The minimum absolute atomic E-state index is 0.0965. The standard InChI is InChI=1S/C14H19BrN2O3/c1-3-20-13-11(15)6-9(7-12(13)19-2)14(18)17-10-4-5-16-8-10/h6-7,10,16H,3-5,8H2,1-2H3,(H,17,18). The zero-order valence-corrected chi connectivity index (χ0v) is 13.2. The highest BCUT2D eigenvalue weighted by Crippen LogP contribution is 2.36. The van der Waals surface area contributed by atoms with Gasteiger partial charge >= 0.3 is 0 Å². The van der Waals surface area contributed by atoms with Gasteiger partial charge in [-0.15, -0.1) is 0 Å².